The van der Waals surface area contributed by atoms with Crippen molar-refractivity contribution in [2.24, 2.45) is 0 Å². The summed E-state index contributed by atoms with van der Waals surface area (Å²) in [6, 6.07) is 5.58. The molecule has 0 atom stereocenters. The Bertz CT molecular complexity index is 856. The van der Waals surface area contributed by atoms with Crippen molar-refractivity contribution in [3.05, 3.63) is 40.9 Å². The summed E-state index contributed by atoms with van der Waals surface area (Å²) in [7, 11) is -3.86. The Labute approximate surface area is 157 Å². The van der Waals surface area contributed by atoms with Crippen molar-refractivity contribution in [1.29, 1.82) is 0 Å². The smallest absolute Gasteiger partial charge is 0.328 e. The Hall–Kier alpha value is -2.13. The Kier molecular flexibility index (Phi) is 5.77. The van der Waals surface area contributed by atoms with Gasteiger partial charge in [0.15, 0.2) is 5.13 Å². The summed E-state index contributed by atoms with van der Waals surface area (Å²) in [5.74, 6) is 0. The Morgan fingerprint density at radius 1 is 1.23 bits per heavy atom. The number of nitrogens with zero attached hydrogens (tertiary/aromatic N) is 2. The molecule has 9 heteroatoms. The molecule has 0 spiro atoms. The molecule has 0 aliphatic carbocycles. The van der Waals surface area contributed by atoms with Crippen LogP contribution in [0.4, 0.5) is 9.93 Å². The van der Waals surface area contributed by atoms with Crippen molar-refractivity contribution in [1.82, 2.24) is 15.0 Å². The van der Waals surface area contributed by atoms with E-state index in [-0.39, 0.29) is 4.90 Å². The molecular weight excluding hydrogens is 372 g/mol. The number of carbonyl (C=O) groups excluding carboxylic acids is 1. The van der Waals surface area contributed by atoms with Gasteiger partial charge >= 0.3 is 6.03 Å². The molecule has 0 bridgehead atoms. The SMILES string of the molecule is Cc1ccc(S(=O)(=O)NC(=O)NCCc2csc(N3CCCC3)n2)cc1. The molecule has 2 amide bonds. The number of nitrogens with one attached hydrogen (secondary N) is 2. The summed E-state index contributed by atoms with van der Waals surface area (Å²) < 4.78 is 26.3. The molecule has 1 saturated heterocycles. The predicted molar refractivity (Wildman–Crippen MR) is 102 cm³/mol. The van der Waals surface area contributed by atoms with E-state index in [1.165, 1.54) is 25.0 Å². The van der Waals surface area contributed by atoms with E-state index in [2.05, 4.69) is 15.2 Å². The molecule has 0 saturated carbocycles. The van der Waals surface area contributed by atoms with Gasteiger partial charge in [0.05, 0.1) is 10.6 Å². The van der Waals surface area contributed by atoms with Gasteiger partial charge in [-0.25, -0.2) is 22.9 Å². The fourth-order valence-corrected chi connectivity index (χ4v) is 4.55. The maximum absolute atomic E-state index is 12.1. The second-order valence-corrected chi connectivity index (χ2v) is 8.76. The number of thiazole rings is 1. The number of rotatable bonds is 6. The summed E-state index contributed by atoms with van der Waals surface area (Å²) in [6.07, 6.45) is 2.96. The van der Waals surface area contributed by atoms with E-state index in [4.69, 9.17) is 0 Å². The van der Waals surface area contributed by atoms with E-state index < -0.39 is 16.1 Å². The van der Waals surface area contributed by atoms with Gasteiger partial charge in [-0.15, -0.1) is 11.3 Å². The minimum Gasteiger partial charge on any atom is -0.348 e. The number of hydrogen-bond donors (Lipinski definition) is 2. The number of carbonyl (C=O) groups is 1. The molecule has 0 radical (unpaired) electrons. The molecule has 26 heavy (non-hydrogen) atoms. The molecule has 3 rings (SSSR count). The van der Waals surface area contributed by atoms with Crippen LogP contribution in [0.25, 0.3) is 0 Å². The highest BCUT2D eigenvalue weighted by Gasteiger charge is 2.18. The molecule has 140 valence electrons. The quantitative estimate of drug-likeness (QED) is 0.784. The number of sulfonamides is 1. The van der Waals surface area contributed by atoms with Crippen LogP contribution in [0.5, 0.6) is 0 Å². The van der Waals surface area contributed by atoms with Crippen LogP contribution in [0.2, 0.25) is 0 Å². The molecule has 1 fully saturated rings. The fraction of sp³-hybridized carbons (Fsp3) is 0.412. The van der Waals surface area contributed by atoms with Crippen LogP contribution in [-0.4, -0.2) is 39.1 Å². The minimum absolute atomic E-state index is 0.0630. The normalized spacial score (nSPS) is 14.4. The van der Waals surface area contributed by atoms with Crippen molar-refractivity contribution < 1.29 is 13.2 Å². The maximum Gasteiger partial charge on any atom is 0.328 e. The number of benzene rings is 1. The standard InChI is InChI=1S/C17H22N4O3S2/c1-13-4-6-15(7-5-13)26(23,24)20-16(22)18-9-8-14-12-25-17(19-14)21-10-2-3-11-21/h4-7,12H,2-3,8-11H2,1H3,(H2,18,20,22). The van der Waals surface area contributed by atoms with Crippen molar-refractivity contribution in [2.75, 3.05) is 24.5 Å². The number of anilines is 1. The number of aromatic nitrogens is 1. The van der Waals surface area contributed by atoms with Crippen LogP contribution < -0.4 is 14.9 Å². The lowest BCUT2D eigenvalue weighted by Gasteiger charge is -2.12. The zero-order valence-electron chi connectivity index (χ0n) is 14.6. The third kappa shape index (κ3) is 4.73. The lowest BCUT2D eigenvalue weighted by Crippen LogP contribution is -2.40. The third-order valence-corrected chi connectivity index (χ3v) is 6.44. The average Bonchev–Trinajstić information content (AvgIpc) is 3.26. The maximum atomic E-state index is 12.1. The Morgan fingerprint density at radius 2 is 1.92 bits per heavy atom. The summed E-state index contributed by atoms with van der Waals surface area (Å²) in [4.78, 5) is 18.8. The Balaban J connectivity index is 1.47. The first-order valence-corrected chi connectivity index (χ1v) is 10.9. The first-order chi connectivity index (χ1) is 12.4. The van der Waals surface area contributed by atoms with E-state index in [1.807, 2.05) is 17.0 Å². The number of aryl methyl sites for hydroxylation is 1. The van der Waals surface area contributed by atoms with E-state index in [0.29, 0.717) is 13.0 Å². The average molecular weight is 395 g/mol. The van der Waals surface area contributed by atoms with Gasteiger partial charge in [-0.1, -0.05) is 17.7 Å². The van der Waals surface area contributed by atoms with Crippen LogP contribution >= 0.6 is 11.3 Å². The lowest BCUT2D eigenvalue weighted by atomic mass is 10.2. The van der Waals surface area contributed by atoms with Crippen LogP contribution in [0.3, 0.4) is 0 Å². The third-order valence-electron chi connectivity index (χ3n) is 4.14. The molecule has 7 nitrogen and oxygen atoms in total. The summed E-state index contributed by atoms with van der Waals surface area (Å²) >= 11 is 1.60. The highest BCUT2D eigenvalue weighted by atomic mass is 32.2. The van der Waals surface area contributed by atoms with Gasteiger partial charge in [-0.2, -0.15) is 0 Å². The first-order valence-electron chi connectivity index (χ1n) is 8.51. The highest BCUT2D eigenvalue weighted by molar-refractivity contribution is 7.90. The van der Waals surface area contributed by atoms with E-state index in [9.17, 15) is 13.2 Å². The van der Waals surface area contributed by atoms with Crippen molar-refractivity contribution in [3.63, 3.8) is 0 Å². The molecule has 2 N–H and O–H groups in total. The summed E-state index contributed by atoms with van der Waals surface area (Å²) in [6.45, 7) is 4.28. The summed E-state index contributed by atoms with van der Waals surface area (Å²) in [5, 5.41) is 5.57. The van der Waals surface area contributed by atoms with Gasteiger partial charge in [-0.3, -0.25) is 0 Å². The zero-order valence-corrected chi connectivity index (χ0v) is 16.2. The van der Waals surface area contributed by atoms with Crippen LogP contribution in [0.1, 0.15) is 24.1 Å². The first kappa shape index (κ1) is 18.7. The number of hydrogen-bond acceptors (Lipinski definition) is 6. The molecule has 1 aliphatic heterocycles. The molecule has 1 aliphatic rings. The molecular formula is C17H22N4O3S2. The molecule has 1 aromatic carbocycles. The molecule has 1 aromatic heterocycles. The van der Waals surface area contributed by atoms with E-state index in [0.717, 1.165) is 29.5 Å². The topological polar surface area (TPSA) is 91.4 Å². The van der Waals surface area contributed by atoms with Crippen LogP contribution in [0.15, 0.2) is 34.5 Å². The largest absolute Gasteiger partial charge is 0.348 e. The van der Waals surface area contributed by atoms with Crippen molar-refractivity contribution in [2.45, 2.75) is 31.1 Å². The van der Waals surface area contributed by atoms with Gasteiger partial charge in [0.2, 0.25) is 0 Å². The van der Waals surface area contributed by atoms with Gasteiger partial charge in [0.1, 0.15) is 0 Å². The number of amides is 2. The zero-order chi connectivity index (χ0) is 18.6. The lowest BCUT2D eigenvalue weighted by molar-refractivity contribution is 0.246. The van der Waals surface area contributed by atoms with Crippen molar-refractivity contribution >= 4 is 32.5 Å². The van der Waals surface area contributed by atoms with Crippen LogP contribution in [-0.2, 0) is 16.4 Å². The minimum atomic E-state index is -3.86. The van der Waals surface area contributed by atoms with Gasteiger partial charge < -0.3 is 10.2 Å². The Morgan fingerprint density at radius 3 is 2.62 bits per heavy atom. The highest BCUT2D eigenvalue weighted by Crippen LogP contribution is 2.24. The van der Waals surface area contributed by atoms with Gasteiger partial charge in [0.25, 0.3) is 10.0 Å². The molecule has 2 heterocycles. The van der Waals surface area contributed by atoms with E-state index >= 15 is 0 Å². The second kappa shape index (κ2) is 8.05. The molecule has 2 aromatic rings. The van der Waals surface area contributed by atoms with Crippen molar-refractivity contribution in [3.8, 4) is 0 Å². The number of urea groups is 1. The van der Waals surface area contributed by atoms with Gasteiger partial charge in [-0.05, 0) is 31.9 Å². The fourth-order valence-electron chi connectivity index (χ4n) is 2.70. The second-order valence-electron chi connectivity index (χ2n) is 6.24. The van der Waals surface area contributed by atoms with Crippen LogP contribution in [0, 0.1) is 6.92 Å². The summed E-state index contributed by atoms with van der Waals surface area (Å²) in [5.41, 5.74) is 1.85. The van der Waals surface area contributed by atoms with Gasteiger partial charge in [0, 0.05) is 31.4 Å². The molecule has 0 unspecified atom stereocenters. The van der Waals surface area contributed by atoms with E-state index in [1.54, 1.807) is 23.5 Å². The monoisotopic (exact) mass is 394 g/mol. The predicted octanol–water partition coefficient (Wildman–Crippen LogP) is 2.28.